The Bertz CT molecular complexity index is 1050. The molecule has 0 N–H and O–H groups in total. The molecule has 1 aliphatic heterocycles. The van der Waals surface area contributed by atoms with Gasteiger partial charge in [-0.25, -0.2) is 14.6 Å². The van der Waals surface area contributed by atoms with Crippen molar-refractivity contribution in [2.24, 2.45) is 0 Å². The molecule has 0 spiro atoms. The minimum atomic E-state index is 0.906. The Hall–Kier alpha value is -2.77. The van der Waals surface area contributed by atoms with Crippen LogP contribution >= 0.6 is 11.3 Å². The van der Waals surface area contributed by atoms with Gasteiger partial charge in [-0.3, -0.25) is 4.90 Å². The Labute approximate surface area is 161 Å². The van der Waals surface area contributed by atoms with Gasteiger partial charge in [0.2, 0.25) is 0 Å². The van der Waals surface area contributed by atoms with Crippen LogP contribution in [0.3, 0.4) is 0 Å². The highest BCUT2D eigenvalue weighted by molar-refractivity contribution is 7.09. The number of hydrogen-bond donors (Lipinski definition) is 0. The Morgan fingerprint density at radius 1 is 1.15 bits per heavy atom. The molecule has 0 bridgehead atoms. The van der Waals surface area contributed by atoms with Crippen LogP contribution in [0.25, 0.3) is 17.1 Å². The largest absolute Gasteiger partial charge is 0.325 e. The van der Waals surface area contributed by atoms with Gasteiger partial charge < -0.3 is 4.57 Å². The van der Waals surface area contributed by atoms with Crippen molar-refractivity contribution in [3.63, 3.8) is 0 Å². The molecule has 27 heavy (non-hydrogen) atoms. The van der Waals surface area contributed by atoms with Gasteiger partial charge in [-0.05, 0) is 19.1 Å². The average Bonchev–Trinajstić information content (AvgIpc) is 3.44. The zero-order valence-corrected chi connectivity index (χ0v) is 15.9. The fourth-order valence-corrected chi connectivity index (χ4v) is 4.28. The maximum Gasteiger partial charge on any atom is 0.143 e. The maximum absolute atomic E-state index is 4.87. The van der Waals surface area contributed by atoms with Crippen molar-refractivity contribution >= 4 is 11.3 Å². The molecule has 7 heteroatoms. The van der Waals surface area contributed by atoms with E-state index in [2.05, 4.69) is 44.8 Å². The first-order valence-corrected chi connectivity index (χ1v) is 9.93. The van der Waals surface area contributed by atoms with Crippen LogP contribution in [0.15, 0.2) is 54.3 Å². The zero-order chi connectivity index (χ0) is 18.2. The SMILES string of the molecule is Cc1nc(-c2cnn(-c3ccccc3)c2)n2c1CN(Cc1nccs1)CC2. The van der Waals surface area contributed by atoms with E-state index >= 15 is 0 Å². The number of hydrogen-bond acceptors (Lipinski definition) is 5. The van der Waals surface area contributed by atoms with Gasteiger partial charge in [0.05, 0.1) is 35.4 Å². The third-order valence-corrected chi connectivity index (χ3v) is 5.75. The van der Waals surface area contributed by atoms with Crippen molar-refractivity contribution in [1.82, 2.24) is 29.2 Å². The number of imidazole rings is 1. The van der Waals surface area contributed by atoms with Gasteiger partial charge >= 0.3 is 0 Å². The van der Waals surface area contributed by atoms with Crippen LogP contribution in [0.4, 0.5) is 0 Å². The molecule has 0 radical (unpaired) electrons. The van der Waals surface area contributed by atoms with Gasteiger partial charge in [0.25, 0.3) is 0 Å². The highest BCUT2D eigenvalue weighted by Crippen LogP contribution is 2.27. The van der Waals surface area contributed by atoms with Gasteiger partial charge in [0.15, 0.2) is 0 Å². The smallest absolute Gasteiger partial charge is 0.143 e. The van der Waals surface area contributed by atoms with Gasteiger partial charge in [0, 0.05) is 37.4 Å². The molecule has 6 nitrogen and oxygen atoms in total. The van der Waals surface area contributed by atoms with Crippen molar-refractivity contribution in [3.05, 3.63) is 70.7 Å². The summed E-state index contributed by atoms with van der Waals surface area (Å²) in [6, 6.07) is 10.2. The van der Waals surface area contributed by atoms with E-state index in [0.717, 1.165) is 48.9 Å². The second kappa shape index (κ2) is 6.75. The lowest BCUT2D eigenvalue weighted by atomic mass is 10.2. The quantitative estimate of drug-likeness (QED) is 0.547. The molecule has 0 atom stereocenters. The molecule has 0 saturated heterocycles. The summed E-state index contributed by atoms with van der Waals surface area (Å²) in [5.41, 5.74) is 4.50. The fraction of sp³-hybridized carbons (Fsp3) is 0.250. The Morgan fingerprint density at radius 3 is 2.85 bits per heavy atom. The molecule has 0 fully saturated rings. The second-order valence-corrected chi connectivity index (χ2v) is 7.74. The maximum atomic E-state index is 4.87. The first kappa shape index (κ1) is 16.4. The van der Waals surface area contributed by atoms with E-state index in [1.165, 1.54) is 10.7 Å². The topological polar surface area (TPSA) is 51.8 Å². The lowest BCUT2D eigenvalue weighted by molar-refractivity contribution is 0.213. The molecule has 5 rings (SSSR count). The summed E-state index contributed by atoms with van der Waals surface area (Å²) in [7, 11) is 0. The number of para-hydroxylation sites is 1. The van der Waals surface area contributed by atoms with E-state index in [4.69, 9.17) is 4.98 Å². The summed E-state index contributed by atoms with van der Waals surface area (Å²) >= 11 is 1.72. The Kier molecular flexibility index (Phi) is 4.10. The van der Waals surface area contributed by atoms with E-state index in [0.29, 0.717) is 0 Å². The zero-order valence-electron chi connectivity index (χ0n) is 15.1. The van der Waals surface area contributed by atoms with E-state index in [-0.39, 0.29) is 0 Å². The average molecular weight is 376 g/mol. The number of benzene rings is 1. The van der Waals surface area contributed by atoms with E-state index in [1.807, 2.05) is 40.7 Å². The van der Waals surface area contributed by atoms with Crippen LogP contribution < -0.4 is 0 Å². The minimum Gasteiger partial charge on any atom is -0.325 e. The lowest BCUT2D eigenvalue weighted by Crippen LogP contribution is -2.33. The fourth-order valence-electron chi connectivity index (χ4n) is 3.62. The van der Waals surface area contributed by atoms with E-state index < -0.39 is 0 Å². The lowest BCUT2D eigenvalue weighted by Gasteiger charge is -2.28. The molecule has 1 aliphatic rings. The Balaban J connectivity index is 1.42. The standard InChI is InChI=1S/C20H20N6S/c1-15-18-13-24(14-19-21-7-10-27-19)8-9-25(18)20(23-15)16-11-22-26(12-16)17-5-3-2-4-6-17/h2-7,10-12H,8-9,13-14H2,1H3. The number of thiazole rings is 1. The molecule has 0 aliphatic carbocycles. The predicted molar refractivity (Wildman–Crippen MR) is 106 cm³/mol. The van der Waals surface area contributed by atoms with Crippen LogP contribution in [-0.4, -0.2) is 35.8 Å². The summed E-state index contributed by atoms with van der Waals surface area (Å²) in [6.45, 7) is 5.86. The summed E-state index contributed by atoms with van der Waals surface area (Å²) < 4.78 is 4.25. The molecule has 4 aromatic rings. The van der Waals surface area contributed by atoms with Crippen molar-refractivity contribution < 1.29 is 0 Å². The van der Waals surface area contributed by atoms with Gasteiger partial charge in [-0.1, -0.05) is 18.2 Å². The van der Waals surface area contributed by atoms with Crippen LogP contribution in [0.5, 0.6) is 0 Å². The molecular weight excluding hydrogens is 356 g/mol. The summed E-state index contributed by atoms with van der Waals surface area (Å²) in [5, 5.41) is 7.74. The molecule has 4 heterocycles. The molecule has 0 amide bonds. The monoisotopic (exact) mass is 376 g/mol. The number of aryl methyl sites for hydroxylation is 1. The summed E-state index contributed by atoms with van der Waals surface area (Å²) in [6.07, 6.45) is 5.85. The summed E-state index contributed by atoms with van der Waals surface area (Å²) in [4.78, 5) is 11.7. The van der Waals surface area contributed by atoms with E-state index in [9.17, 15) is 0 Å². The van der Waals surface area contributed by atoms with Crippen LogP contribution in [0.2, 0.25) is 0 Å². The van der Waals surface area contributed by atoms with Crippen LogP contribution in [0, 0.1) is 6.92 Å². The van der Waals surface area contributed by atoms with Crippen LogP contribution in [0.1, 0.15) is 16.4 Å². The number of fused-ring (bicyclic) bond motifs is 1. The summed E-state index contributed by atoms with van der Waals surface area (Å²) in [5.74, 6) is 1.01. The van der Waals surface area contributed by atoms with Gasteiger partial charge in [-0.2, -0.15) is 5.10 Å². The highest BCUT2D eigenvalue weighted by atomic mass is 32.1. The predicted octanol–water partition coefficient (Wildman–Crippen LogP) is 3.52. The van der Waals surface area contributed by atoms with Gasteiger partial charge in [-0.15, -0.1) is 11.3 Å². The second-order valence-electron chi connectivity index (χ2n) is 6.76. The minimum absolute atomic E-state index is 0.906. The third-order valence-electron chi connectivity index (χ3n) is 4.99. The highest BCUT2D eigenvalue weighted by Gasteiger charge is 2.24. The molecule has 0 unspecified atom stereocenters. The molecule has 1 aromatic carbocycles. The molecule has 0 saturated carbocycles. The van der Waals surface area contributed by atoms with Crippen molar-refractivity contribution in [1.29, 1.82) is 0 Å². The first-order valence-electron chi connectivity index (χ1n) is 9.05. The first-order chi connectivity index (χ1) is 13.3. The third kappa shape index (κ3) is 3.09. The Morgan fingerprint density at radius 2 is 2.04 bits per heavy atom. The number of rotatable bonds is 4. The molecule has 136 valence electrons. The molecule has 3 aromatic heterocycles. The van der Waals surface area contributed by atoms with Crippen LogP contribution in [-0.2, 0) is 19.6 Å². The van der Waals surface area contributed by atoms with Crippen molar-refractivity contribution in [2.75, 3.05) is 6.54 Å². The molecular formula is C20H20N6S. The normalized spacial score (nSPS) is 14.4. The van der Waals surface area contributed by atoms with Gasteiger partial charge in [0.1, 0.15) is 10.8 Å². The van der Waals surface area contributed by atoms with E-state index in [1.54, 1.807) is 11.3 Å². The number of nitrogens with zero attached hydrogens (tertiary/aromatic N) is 6. The van der Waals surface area contributed by atoms with Crippen molar-refractivity contribution in [2.45, 2.75) is 26.6 Å². The van der Waals surface area contributed by atoms with Crippen molar-refractivity contribution in [3.8, 4) is 17.1 Å². The number of aromatic nitrogens is 5.